The Bertz CT molecular complexity index is 345. The van der Waals surface area contributed by atoms with Crippen LogP contribution in [0, 0.1) is 6.92 Å². The van der Waals surface area contributed by atoms with Gasteiger partial charge in [0.25, 0.3) is 0 Å². The maximum absolute atomic E-state index is 5.17. The summed E-state index contributed by atoms with van der Waals surface area (Å²) in [5.74, 6) is 5.17. The van der Waals surface area contributed by atoms with Crippen molar-refractivity contribution in [1.29, 1.82) is 0 Å². The van der Waals surface area contributed by atoms with E-state index in [9.17, 15) is 0 Å². The van der Waals surface area contributed by atoms with Crippen molar-refractivity contribution in [3.63, 3.8) is 0 Å². The Morgan fingerprint density at radius 2 is 1.86 bits per heavy atom. The number of benzene rings is 1. The summed E-state index contributed by atoms with van der Waals surface area (Å²) in [7, 11) is 0. The highest BCUT2D eigenvalue weighted by Gasteiger charge is 2.06. The Kier molecular flexibility index (Phi) is 4.31. The lowest BCUT2D eigenvalue weighted by molar-refractivity contribution is 1.04. The molecule has 0 spiro atoms. The molecule has 0 bridgehead atoms. The van der Waals surface area contributed by atoms with E-state index >= 15 is 0 Å². The average molecular weight is 339 g/mol. The van der Waals surface area contributed by atoms with Gasteiger partial charge in [0.05, 0.1) is 5.69 Å². The van der Waals surface area contributed by atoms with Gasteiger partial charge in [-0.2, -0.15) is 0 Å². The Balaban J connectivity index is 3.02. The van der Waals surface area contributed by atoms with Crippen LogP contribution in [-0.2, 0) is 0 Å². The molecule has 1 rings (SSSR count). The first kappa shape index (κ1) is 11.9. The molecule has 0 saturated carbocycles. The number of anilines is 1. The van der Waals surface area contributed by atoms with Gasteiger partial charge in [-0.25, -0.2) is 5.84 Å². The fourth-order valence-corrected chi connectivity index (χ4v) is 2.68. The van der Waals surface area contributed by atoms with Crippen LogP contribution in [0.15, 0.2) is 21.1 Å². The van der Waals surface area contributed by atoms with Crippen molar-refractivity contribution in [3.05, 3.63) is 26.6 Å². The molecule has 0 aliphatic carbocycles. The molecule has 0 amide bonds. The summed E-state index contributed by atoms with van der Waals surface area (Å²) in [6.07, 6.45) is 0. The monoisotopic (exact) mass is 337 g/mol. The minimum absolute atomic E-state index is 0.371. The summed E-state index contributed by atoms with van der Waals surface area (Å²) in [4.78, 5) is 0. The second-order valence-corrected chi connectivity index (χ2v) is 4.82. The first-order valence-corrected chi connectivity index (χ1v) is 5.77. The van der Waals surface area contributed by atoms with Gasteiger partial charge in [0.1, 0.15) is 0 Å². The molecule has 76 valence electrons. The summed E-state index contributed by atoms with van der Waals surface area (Å²) in [6, 6.07) is 3.98. The molecule has 0 aromatic heterocycles. The number of halogens is 2. The van der Waals surface area contributed by atoms with E-state index in [2.05, 4.69) is 42.6 Å². The zero-order valence-electron chi connectivity index (χ0n) is 7.40. The lowest BCUT2D eigenvalue weighted by Gasteiger charge is -2.11. The molecule has 14 heavy (non-hydrogen) atoms. The zero-order chi connectivity index (χ0) is 10.7. The molecule has 1 aromatic rings. The largest absolute Gasteiger partial charge is 0.330 e. The van der Waals surface area contributed by atoms with Gasteiger partial charge in [-0.1, -0.05) is 0 Å². The lowest BCUT2D eigenvalue weighted by Crippen LogP contribution is -2.34. The van der Waals surface area contributed by atoms with E-state index in [1.807, 2.05) is 19.1 Å². The minimum Gasteiger partial charge on any atom is -0.330 e. The normalized spacial score (nSPS) is 9.71. The number of hydrogen-bond donors (Lipinski definition) is 3. The van der Waals surface area contributed by atoms with Crippen LogP contribution in [-0.4, -0.2) is 5.11 Å². The second-order valence-electron chi connectivity index (χ2n) is 2.70. The molecule has 0 radical (unpaired) electrons. The number of nitrogens with one attached hydrogen (secondary N) is 2. The van der Waals surface area contributed by atoms with Crippen molar-refractivity contribution in [1.82, 2.24) is 5.43 Å². The van der Waals surface area contributed by atoms with E-state index in [-0.39, 0.29) is 0 Å². The highest BCUT2D eigenvalue weighted by molar-refractivity contribution is 9.11. The van der Waals surface area contributed by atoms with E-state index in [1.165, 1.54) is 0 Å². The van der Waals surface area contributed by atoms with Crippen molar-refractivity contribution in [3.8, 4) is 0 Å². The van der Waals surface area contributed by atoms with Crippen LogP contribution < -0.4 is 16.6 Å². The Hall–Kier alpha value is -0.170. The van der Waals surface area contributed by atoms with Gasteiger partial charge in [-0.15, -0.1) is 0 Å². The number of aryl methyl sites for hydroxylation is 1. The van der Waals surface area contributed by atoms with Crippen LogP contribution in [0.25, 0.3) is 0 Å². The molecule has 0 aliphatic rings. The molecule has 0 heterocycles. The van der Waals surface area contributed by atoms with Crippen LogP contribution in [0.1, 0.15) is 5.56 Å². The van der Waals surface area contributed by atoms with Gasteiger partial charge < -0.3 is 10.7 Å². The maximum atomic E-state index is 5.17. The van der Waals surface area contributed by atoms with Gasteiger partial charge in [0, 0.05) is 8.95 Å². The summed E-state index contributed by atoms with van der Waals surface area (Å²) >= 11 is 11.8. The molecular formula is C8H9Br2N3S. The zero-order valence-corrected chi connectivity index (χ0v) is 11.4. The predicted molar refractivity (Wildman–Crippen MR) is 70.1 cm³/mol. The number of rotatable bonds is 1. The van der Waals surface area contributed by atoms with Gasteiger partial charge in [-0.3, -0.25) is 0 Å². The van der Waals surface area contributed by atoms with E-state index in [0.29, 0.717) is 5.11 Å². The highest BCUT2D eigenvalue weighted by Crippen LogP contribution is 2.32. The smallest absolute Gasteiger partial charge is 0.185 e. The van der Waals surface area contributed by atoms with Crippen LogP contribution in [0.5, 0.6) is 0 Å². The van der Waals surface area contributed by atoms with Crippen LogP contribution >= 0.6 is 44.1 Å². The number of nitrogens with two attached hydrogens (primary N) is 1. The molecule has 0 unspecified atom stereocenters. The van der Waals surface area contributed by atoms with Crippen LogP contribution in [0.4, 0.5) is 5.69 Å². The van der Waals surface area contributed by atoms with Crippen LogP contribution in [0.3, 0.4) is 0 Å². The second kappa shape index (κ2) is 5.06. The molecule has 1 aromatic carbocycles. The quantitative estimate of drug-likeness (QED) is 0.418. The fraction of sp³-hybridized carbons (Fsp3) is 0.125. The highest BCUT2D eigenvalue weighted by atomic mass is 79.9. The summed E-state index contributed by atoms with van der Waals surface area (Å²) < 4.78 is 1.86. The summed E-state index contributed by atoms with van der Waals surface area (Å²) in [5, 5.41) is 3.33. The third-order valence-electron chi connectivity index (χ3n) is 1.56. The van der Waals surface area contributed by atoms with E-state index in [1.54, 1.807) is 0 Å². The van der Waals surface area contributed by atoms with Gasteiger partial charge in [-0.05, 0) is 68.7 Å². The average Bonchev–Trinajstić information content (AvgIpc) is 2.10. The number of hydrazine groups is 1. The molecule has 0 saturated heterocycles. The molecule has 3 nitrogen and oxygen atoms in total. The standard InChI is InChI=1S/C8H9Br2N3S/c1-4-2-5(9)7(6(10)3-4)12-8(14)13-11/h2-3H,11H2,1H3,(H2,12,13,14). The topological polar surface area (TPSA) is 50.1 Å². The van der Waals surface area contributed by atoms with Gasteiger partial charge in [0.15, 0.2) is 5.11 Å². The Morgan fingerprint density at radius 1 is 1.36 bits per heavy atom. The summed E-state index contributed by atoms with van der Waals surface area (Å²) in [5.41, 5.74) is 4.37. The SMILES string of the molecule is Cc1cc(Br)c(NC(=S)NN)c(Br)c1. The molecule has 0 aliphatic heterocycles. The molecule has 6 heteroatoms. The first-order valence-electron chi connectivity index (χ1n) is 3.78. The van der Waals surface area contributed by atoms with E-state index < -0.39 is 0 Å². The third kappa shape index (κ3) is 2.91. The molecule has 0 fully saturated rings. The van der Waals surface area contributed by atoms with Crippen molar-refractivity contribution in [2.75, 3.05) is 5.32 Å². The Labute approximate surface area is 105 Å². The third-order valence-corrected chi connectivity index (χ3v) is 3.03. The number of thiocarbonyl (C=S) groups is 1. The van der Waals surface area contributed by atoms with Gasteiger partial charge in [0.2, 0.25) is 0 Å². The predicted octanol–water partition coefficient (Wildman–Crippen LogP) is 2.68. The molecule has 4 N–H and O–H groups in total. The van der Waals surface area contributed by atoms with Gasteiger partial charge >= 0.3 is 0 Å². The van der Waals surface area contributed by atoms with Crippen molar-refractivity contribution < 1.29 is 0 Å². The molecular weight excluding hydrogens is 330 g/mol. The van der Waals surface area contributed by atoms with E-state index in [4.69, 9.17) is 18.1 Å². The van der Waals surface area contributed by atoms with Crippen molar-refractivity contribution >= 4 is 54.9 Å². The van der Waals surface area contributed by atoms with Crippen LogP contribution in [0.2, 0.25) is 0 Å². The first-order chi connectivity index (χ1) is 6.54. The minimum atomic E-state index is 0.371. The summed E-state index contributed by atoms with van der Waals surface area (Å²) in [6.45, 7) is 2.01. The Morgan fingerprint density at radius 3 is 2.29 bits per heavy atom. The molecule has 0 atom stereocenters. The number of hydrogen-bond acceptors (Lipinski definition) is 2. The van der Waals surface area contributed by atoms with Crippen molar-refractivity contribution in [2.24, 2.45) is 5.84 Å². The maximum Gasteiger partial charge on any atom is 0.185 e. The fourth-order valence-electron chi connectivity index (χ4n) is 0.969. The van der Waals surface area contributed by atoms with Crippen molar-refractivity contribution in [2.45, 2.75) is 6.92 Å². The lowest BCUT2D eigenvalue weighted by atomic mass is 10.2. The van der Waals surface area contributed by atoms with E-state index in [0.717, 1.165) is 20.2 Å².